The van der Waals surface area contributed by atoms with Crippen LogP contribution in [0, 0.1) is 6.92 Å². The van der Waals surface area contributed by atoms with E-state index in [0.29, 0.717) is 5.54 Å². The zero-order valence-corrected chi connectivity index (χ0v) is 10.6. The van der Waals surface area contributed by atoms with Gasteiger partial charge in [-0.15, -0.1) is 0 Å². The SMILES string of the molecule is Cc1ccc(C2(NC3CCSC3)CC2)cc1. The first-order chi connectivity index (χ1) is 7.78. The molecule has 1 aliphatic heterocycles. The summed E-state index contributed by atoms with van der Waals surface area (Å²) in [4.78, 5) is 0. The Morgan fingerprint density at radius 1 is 1.25 bits per heavy atom. The van der Waals surface area contributed by atoms with E-state index in [1.807, 2.05) is 0 Å². The molecule has 1 saturated heterocycles. The standard InChI is InChI=1S/C14H19NS/c1-11-2-4-12(5-3-11)14(7-8-14)15-13-6-9-16-10-13/h2-5,13,15H,6-10H2,1H3. The van der Waals surface area contributed by atoms with Crippen molar-refractivity contribution in [2.24, 2.45) is 0 Å². The van der Waals surface area contributed by atoms with Crippen molar-refractivity contribution in [2.75, 3.05) is 11.5 Å². The second kappa shape index (κ2) is 4.08. The maximum atomic E-state index is 3.88. The minimum Gasteiger partial charge on any atom is -0.304 e. The molecule has 1 heterocycles. The monoisotopic (exact) mass is 233 g/mol. The highest BCUT2D eigenvalue weighted by Gasteiger charge is 2.45. The predicted octanol–water partition coefficient (Wildman–Crippen LogP) is 3.08. The van der Waals surface area contributed by atoms with E-state index in [0.717, 1.165) is 6.04 Å². The molecule has 1 aromatic rings. The van der Waals surface area contributed by atoms with Crippen molar-refractivity contribution >= 4 is 11.8 Å². The van der Waals surface area contributed by atoms with Gasteiger partial charge in [0, 0.05) is 17.3 Å². The van der Waals surface area contributed by atoms with E-state index in [-0.39, 0.29) is 0 Å². The highest BCUT2D eigenvalue weighted by molar-refractivity contribution is 7.99. The lowest BCUT2D eigenvalue weighted by Gasteiger charge is -2.22. The lowest BCUT2D eigenvalue weighted by atomic mass is 10.0. The molecule has 1 atom stereocenters. The average molecular weight is 233 g/mol. The van der Waals surface area contributed by atoms with E-state index >= 15 is 0 Å². The third kappa shape index (κ3) is 2.01. The lowest BCUT2D eigenvalue weighted by molar-refractivity contribution is 0.445. The van der Waals surface area contributed by atoms with Crippen molar-refractivity contribution in [1.82, 2.24) is 5.32 Å². The zero-order valence-electron chi connectivity index (χ0n) is 9.83. The summed E-state index contributed by atoms with van der Waals surface area (Å²) in [5.41, 5.74) is 3.19. The summed E-state index contributed by atoms with van der Waals surface area (Å²) < 4.78 is 0. The molecule has 2 heteroatoms. The van der Waals surface area contributed by atoms with Crippen molar-refractivity contribution in [3.63, 3.8) is 0 Å². The highest BCUT2D eigenvalue weighted by atomic mass is 32.2. The number of nitrogens with one attached hydrogen (secondary N) is 1. The van der Waals surface area contributed by atoms with E-state index in [4.69, 9.17) is 0 Å². The Morgan fingerprint density at radius 2 is 2.00 bits per heavy atom. The maximum Gasteiger partial charge on any atom is 0.0438 e. The predicted molar refractivity (Wildman–Crippen MR) is 71.0 cm³/mol. The van der Waals surface area contributed by atoms with E-state index in [1.165, 1.54) is 41.9 Å². The molecule has 1 aliphatic carbocycles. The van der Waals surface area contributed by atoms with Crippen molar-refractivity contribution in [2.45, 2.75) is 37.8 Å². The van der Waals surface area contributed by atoms with Crippen molar-refractivity contribution in [3.05, 3.63) is 35.4 Å². The number of hydrogen-bond donors (Lipinski definition) is 1. The van der Waals surface area contributed by atoms with E-state index < -0.39 is 0 Å². The average Bonchev–Trinajstić information content (AvgIpc) is 2.88. The summed E-state index contributed by atoms with van der Waals surface area (Å²) in [6, 6.07) is 9.82. The molecule has 86 valence electrons. The Hall–Kier alpha value is -0.470. The number of thioether (sulfide) groups is 1. The Labute approximate surface area is 102 Å². The molecule has 16 heavy (non-hydrogen) atoms. The summed E-state index contributed by atoms with van der Waals surface area (Å²) in [6.07, 6.45) is 3.98. The molecule has 3 rings (SSSR count). The largest absolute Gasteiger partial charge is 0.304 e. The van der Waals surface area contributed by atoms with Gasteiger partial charge in [-0.2, -0.15) is 11.8 Å². The second-order valence-corrected chi connectivity index (χ2v) is 6.30. The first kappa shape index (κ1) is 10.7. The van der Waals surface area contributed by atoms with Crippen LogP contribution >= 0.6 is 11.8 Å². The van der Waals surface area contributed by atoms with Gasteiger partial charge in [0.1, 0.15) is 0 Å². The fraction of sp³-hybridized carbons (Fsp3) is 0.571. The van der Waals surface area contributed by atoms with Crippen LogP contribution in [0.2, 0.25) is 0 Å². The van der Waals surface area contributed by atoms with Gasteiger partial charge in [-0.1, -0.05) is 29.8 Å². The van der Waals surface area contributed by atoms with Gasteiger partial charge in [-0.05, 0) is 37.5 Å². The molecule has 1 nitrogen and oxygen atoms in total. The number of hydrogen-bond acceptors (Lipinski definition) is 2. The normalized spacial score (nSPS) is 26.9. The van der Waals surface area contributed by atoms with Crippen LogP contribution in [0.25, 0.3) is 0 Å². The molecular weight excluding hydrogens is 214 g/mol. The number of rotatable bonds is 3. The Balaban J connectivity index is 1.74. The molecular formula is C14H19NS. The topological polar surface area (TPSA) is 12.0 Å². The van der Waals surface area contributed by atoms with Gasteiger partial charge in [0.15, 0.2) is 0 Å². The van der Waals surface area contributed by atoms with Crippen LogP contribution in [-0.4, -0.2) is 17.5 Å². The smallest absolute Gasteiger partial charge is 0.0438 e. The summed E-state index contributed by atoms with van der Waals surface area (Å²) >= 11 is 2.09. The number of benzene rings is 1. The van der Waals surface area contributed by atoms with Gasteiger partial charge in [-0.3, -0.25) is 0 Å². The Morgan fingerprint density at radius 3 is 2.56 bits per heavy atom. The van der Waals surface area contributed by atoms with Gasteiger partial charge >= 0.3 is 0 Å². The van der Waals surface area contributed by atoms with Crippen LogP contribution in [-0.2, 0) is 5.54 Å². The minimum absolute atomic E-state index is 0.337. The van der Waals surface area contributed by atoms with Gasteiger partial charge in [0.25, 0.3) is 0 Å². The molecule has 1 unspecified atom stereocenters. The molecule has 0 aromatic heterocycles. The van der Waals surface area contributed by atoms with Crippen LogP contribution in [0.1, 0.15) is 30.4 Å². The summed E-state index contributed by atoms with van der Waals surface area (Å²) in [5, 5.41) is 3.88. The van der Waals surface area contributed by atoms with Crippen LogP contribution in [0.5, 0.6) is 0 Å². The van der Waals surface area contributed by atoms with Crippen molar-refractivity contribution in [3.8, 4) is 0 Å². The van der Waals surface area contributed by atoms with E-state index in [9.17, 15) is 0 Å². The van der Waals surface area contributed by atoms with Crippen LogP contribution < -0.4 is 5.32 Å². The van der Waals surface area contributed by atoms with Gasteiger partial charge in [0.05, 0.1) is 0 Å². The van der Waals surface area contributed by atoms with Gasteiger partial charge < -0.3 is 5.32 Å². The fourth-order valence-corrected chi connectivity index (χ4v) is 3.71. The third-order valence-electron chi connectivity index (χ3n) is 3.76. The molecule has 2 aliphatic rings. The molecule has 0 radical (unpaired) electrons. The van der Waals surface area contributed by atoms with Crippen LogP contribution in [0.4, 0.5) is 0 Å². The summed E-state index contributed by atoms with van der Waals surface area (Å²) in [6.45, 7) is 2.16. The Bertz CT molecular complexity index is 361. The first-order valence-corrected chi connectivity index (χ1v) is 7.37. The third-order valence-corrected chi connectivity index (χ3v) is 4.93. The fourth-order valence-electron chi connectivity index (χ4n) is 2.55. The summed E-state index contributed by atoms with van der Waals surface area (Å²) in [5.74, 6) is 2.63. The van der Waals surface area contributed by atoms with E-state index in [2.05, 4.69) is 48.3 Å². The van der Waals surface area contributed by atoms with Gasteiger partial charge in [-0.25, -0.2) is 0 Å². The second-order valence-electron chi connectivity index (χ2n) is 5.15. The number of aryl methyl sites for hydroxylation is 1. The molecule has 0 bridgehead atoms. The summed E-state index contributed by atoms with van der Waals surface area (Å²) in [7, 11) is 0. The highest BCUT2D eigenvalue weighted by Crippen LogP contribution is 2.46. The quantitative estimate of drug-likeness (QED) is 0.861. The maximum absolute atomic E-state index is 3.88. The minimum atomic E-state index is 0.337. The Kier molecular flexibility index (Phi) is 2.72. The van der Waals surface area contributed by atoms with Crippen molar-refractivity contribution < 1.29 is 0 Å². The van der Waals surface area contributed by atoms with Crippen LogP contribution in [0.3, 0.4) is 0 Å². The van der Waals surface area contributed by atoms with Crippen molar-refractivity contribution in [1.29, 1.82) is 0 Å². The molecule has 1 saturated carbocycles. The molecule has 1 N–H and O–H groups in total. The molecule has 0 spiro atoms. The first-order valence-electron chi connectivity index (χ1n) is 6.21. The van der Waals surface area contributed by atoms with Gasteiger partial charge in [0.2, 0.25) is 0 Å². The molecule has 0 amide bonds. The van der Waals surface area contributed by atoms with E-state index in [1.54, 1.807) is 0 Å². The molecule has 1 aromatic carbocycles. The molecule has 2 fully saturated rings. The lowest BCUT2D eigenvalue weighted by Crippen LogP contribution is -2.38. The zero-order chi connectivity index (χ0) is 11.0. The van der Waals surface area contributed by atoms with Crippen LogP contribution in [0.15, 0.2) is 24.3 Å².